The summed E-state index contributed by atoms with van der Waals surface area (Å²) in [6.45, 7) is 0.281. The van der Waals surface area contributed by atoms with Crippen LogP contribution >= 0.6 is 0 Å². The number of carbonyl (C=O) groups is 1. The van der Waals surface area contributed by atoms with Gasteiger partial charge in [0.15, 0.2) is 17.0 Å². The first kappa shape index (κ1) is 18.7. The van der Waals surface area contributed by atoms with E-state index < -0.39 is 17.8 Å². The number of amides is 1. The Labute approximate surface area is 162 Å². The van der Waals surface area contributed by atoms with Gasteiger partial charge in [-0.25, -0.2) is 14.5 Å². The molecule has 1 aromatic carbocycles. The van der Waals surface area contributed by atoms with Crippen molar-refractivity contribution < 1.29 is 18.0 Å². The molecule has 3 aromatic heterocycles. The molecule has 0 saturated carbocycles. The Bertz CT molecular complexity index is 1140. The number of halogens is 3. The fourth-order valence-corrected chi connectivity index (χ4v) is 2.87. The SMILES string of the molecule is O=C(NCCc1cnc[nH]1)c1cc2nc(-c3ccccc3)cc(C(F)(F)F)n2n1. The van der Waals surface area contributed by atoms with E-state index in [4.69, 9.17) is 0 Å². The normalized spacial score (nSPS) is 11.7. The van der Waals surface area contributed by atoms with E-state index in [2.05, 4.69) is 25.4 Å². The van der Waals surface area contributed by atoms with Crippen molar-refractivity contribution in [2.24, 2.45) is 0 Å². The topological polar surface area (TPSA) is 88.0 Å². The zero-order valence-corrected chi connectivity index (χ0v) is 14.9. The zero-order valence-electron chi connectivity index (χ0n) is 14.9. The van der Waals surface area contributed by atoms with E-state index in [0.717, 1.165) is 11.8 Å². The van der Waals surface area contributed by atoms with Crippen molar-refractivity contribution in [3.63, 3.8) is 0 Å². The molecule has 4 rings (SSSR count). The van der Waals surface area contributed by atoms with Gasteiger partial charge in [-0.15, -0.1) is 0 Å². The van der Waals surface area contributed by atoms with Crippen LogP contribution in [-0.4, -0.2) is 37.0 Å². The lowest BCUT2D eigenvalue weighted by Crippen LogP contribution is -2.26. The van der Waals surface area contributed by atoms with Crippen molar-refractivity contribution in [1.82, 2.24) is 29.9 Å². The average molecular weight is 400 g/mol. The molecule has 4 aromatic rings. The maximum Gasteiger partial charge on any atom is 0.433 e. The molecule has 2 N–H and O–H groups in total. The molecule has 29 heavy (non-hydrogen) atoms. The third-order valence-corrected chi connectivity index (χ3v) is 4.25. The lowest BCUT2D eigenvalue weighted by atomic mass is 10.1. The van der Waals surface area contributed by atoms with E-state index in [0.29, 0.717) is 16.5 Å². The highest BCUT2D eigenvalue weighted by atomic mass is 19.4. The van der Waals surface area contributed by atoms with Crippen molar-refractivity contribution >= 4 is 11.6 Å². The number of H-pyrrole nitrogens is 1. The molecule has 0 spiro atoms. The molecular weight excluding hydrogens is 385 g/mol. The number of hydrogen-bond acceptors (Lipinski definition) is 4. The van der Waals surface area contributed by atoms with Crippen LogP contribution in [0.15, 0.2) is 55.0 Å². The summed E-state index contributed by atoms with van der Waals surface area (Å²) >= 11 is 0. The molecule has 10 heteroatoms. The molecule has 3 heterocycles. The summed E-state index contributed by atoms with van der Waals surface area (Å²) in [5, 5.41) is 6.46. The van der Waals surface area contributed by atoms with Crippen LogP contribution in [0.25, 0.3) is 16.9 Å². The molecule has 0 radical (unpaired) electrons. The van der Waals surface area contributed by atoms with Crippen LogP contribution in [0.5, 0.6) is 0 Å². The zero-order chi connectivity index (χ0) is 20.4. The van der Waals surface area contributed by atoms with Gasteiger partial charge < -0.3 is 10.3 Å². The van der Waals surface area contributed by atoms with Gasteiger partial charge >= 0.3 is 6.18 Å². The quantitative estimate of drug-likeness (QED) is 0.539. The number of carbonyl (C=O) groups excluding carboxylic acids is 1. The minimum absolute atomic E-state index is 0.0580. The maximum absolute atomic E-state index is 13.6. The van der Waals surface area contributed by atoms with Gasteiger partial charge in [0.2, 0.25) is 0 Å². The minimum Gasteiger partial charge on any atom is -0.350 e. The minimum atomic E-state index is -4.66. The highest BCUT2D eigenvalue weighted by Gasteiger charge is 2.35. The van der Waals surface area contributed by atoms with Crippen molar-refractivity contribution in [1.29, 1.82) is 0 Å². The Morgan fingerprint density at radius 2 is 1.97 bits per heavy atom. The molecule has 0 fully saturated rings. The van der Waals surface area contributed by atoms with E-state index in [1.165, 1.54) is 12.4 Å². The largest absolute Gasteiger partial charge is 0.433 e. The van der Waals surface area contributed by atoms with E-state index in [1.54, 1.807) is 36.5 Å². The number of hydrogen-bond donors (Lipinski definition) is 2. The van der Waals surface area contributed by atoms with Crippen molar-refractivity contribution in [2.45, 2.75) is 12.6 Å². The predicted molar refractivity (Wildman–Crippen MR) is 98.0 cm³/mol. The number of aromatic amines is 1. The lowest BCUT2D eigenvalue weighted by molar-refractivity contribution is -0.142. The molecular formula is C19H15F3N6O. The van der Waals surface area contributed by atoms with Crippen LogP contribution in [-0.2, 0) is 12.6 Å². The second-order valence-electron chi connectivity index (χ2n) is 6.27. The van der Waals surface area contributed by atoms with Crippen LogP contribution in [0, 0.1) is 0 Å². The summed E-state index contributed by atoms with van der Waals surface area (Å²) in [5.74, 6) is -0.579. The number of nitrogens with one attached hydrogen (secondary N) is 2. The monoisotopic (exact) mass is 400 g/mol. The van der Waals surface area contributed by atoms with Gasteiger partial charge in [-0.1, -0.05) is 30.3 Å². The van der Waals surface area contributed by atoms with E-state index in [-0.39, 0.29) is 23.6 Å². The number of aromatic nitrogens is 5. The molecule has 0 aliphatic rings. The summed E-state index contributed by atoms with van der Waals surface area (Å²) in [6.07, 6.45) is -1.01. The van der Waals surface area contributed by atoms with Crippen LogP contribution < -0.4 is 5.32 Å². The molecule has 0 aliphatic heterocycles. The van der Waals surface area contributed by atoms with E-state index in [9.17, 15) is 18.0 Å². The van der Waals surface area contributed by atoms with Gasteiger partial charge in [0, 0.05) is 36.5 Å². The average Bonchev–Trinajstić information content (AvgIpc) is 3.36. The van der Waals surface area contributed by atoms with Crippen LogP contribution in [0.1, 0.15) is 21.9 Å². The second kappa shape index (κ2) is 7.38. The van der Waals surface area contributed by atoms with Gasteiger partial charge in [-0.05, 0) is 6.07 Å². The summed E-state index contributed by atoms with van der Waals surface area (Å²) in [7, 11) is 0. The number of rotatable bonds is 5. The highest BCUT2D eigenvalue weighted by Crippen LogP contribution is 2.32. The Hall–Kier alpha value is -3.69. The first-order chi connectivity index (χ1) is 13.9. The molecule has 0 bridgehead atoms. The van der Waals surface area contributed by atoms with Crippen LogP contribution in [0.4, 0.5) is 13.2 Å². The predicted octanol–water partition coefficient (Wildman–Crippen LogP) is 3.11. The standard InChI is InChI=1S/C19H15F3N6O/c20-19(21,22)16-8-14(12-4-2-1-3-5-12)26-17-9-15(27-28(16)17)18(29)24-7-6-13-10-23-11-25-13/h1-5,8-11H,6-7H2,(H,23,25)(H,24,29). The summed E-state index contributed by atoms with van der Waals surface area (Å²) < 4.78 is 41.4. The second-order valence-corrected chi connectivity index (χ2v) is 6.27. The van der Waals surface area contributed by atoms with Crippen LogP contribution in [0.2, 0.25) is 0 Å². The van der Waals surface area contributed by atoms with Gasteiger partial charge in [-0.2, -0.15) is 18.3 Å². The molecule has 7 nitrogen and oxygen atoms in total. The van der Waals surface area contributed by atoms with Crippen LogP contribution in [0.3, 0.4) is 0 Å². The molecule has 0 saturated heterocycles. The van der Waals surface area contributed by atoms with Gasteiger partial charge in [0.1, 0.15) is 0 Å². The molecule has 0 unspecified atom stereocenters. The first-order valence-electron chi connectivity index (χ1n) is 8.71. The third kappa shape index (κ3) is 3.96. The molecule has 1 amide bonds. The fraction of sp³-hybridized carbons (Fsp3) is 0.158. The third-order valence-electron chi connectivity index (χ3n) is 4.25. The first-order valence-corrected chi connectivity index (χ1v) is 8.71. The van der Waals surface area contributed by atoms with Gasteiger partial charge in [0.05, 0.1) is 12.0 Å². The van der Waals surface area contributed by atoms with Gasteiger partial charge in [0.25, 0.3) is 5.91 Å². The Morgan fingerprint density at radius 1 is 1.17 bits per heavy atom. The lowest BCUT2D eigenvalue weighted by Gasteiger charge is -2.10. The number of fused-ring (bicyclic) bond motifs is 1. The van der Waals surface area contributed by atoms with Crippen molar-refractivity contribution in [3.8, 4) is 11.3 Å². The van der Waals surface area contributed by atoms with Gasteiger partial charge in [-0.3, -0.25) is 4.79 Å². The number of benzene rings is 1. The summed E-state index contributed by atoms with van der Waals surface area (Å²) in [5.41, 5.74) is 0.311. The Kier molecular flexibility index (Phi) is 4.75. The maximum atomic E-state index is 13.6. The highest BCUT2D eigenvalue weighted by molar-refractivity contribution is 5.93. The van der Waals surface area contributed by atoms with Crippen molar-refractivity contribution in [3.05, 3.63) is 72.1 Å². The van der Waals surface area contributed by atoms with Crippen molar-refractivity contribution in [2.75, 3.05) is 6.54 Å². The number of nitrogens with zero attached hydrogens (tertiary/aromatic N) is 4. The van der Waals surface area contributed by atoms with E-state index >= 15 is 0 Å². The Morgan fingerprint density at radius 3 is 2.66 bits per heavy atom. The number of alkyl halides is 3. The Balaban J connectivity index is 1.65. The molecule has 0 atom stereocenters. The summed E-state index contributed by atoms with van der Waals surface area (Å²) in [4.78, 5) is 23.4. The smallest absolute Gasteiger partial charge is 0.350 e. The molecule has 148 valence electrons. The summed E-state index contributed by atoms with van der Waals surface area (Å²) in [6, 6.07) is 10.7. The molecule has 0 aliphatic carbocycles. The fourth-order valence-electron chi connectivity index (χ4n) is 2.87. The van der Waals surface area contributed by atoms with E-state index in [1.807, 2.05) is 0 Å². The number of imidazole rings is 1.